The van der Waals surface area contributed by atoms with Crippen LogP contribution in [0.25, 0.3) is 0 Å². The first-order chi connectivity index (χ1) is 12.4. The Morgan fingerprint density at radius 1 is 1.38 bits per heavy atom. The SMILES string of the molecule is CN(Cc1nc(C(F)(F)F)cs1)c1cc(N2CCCC(CO)C2)ncn1. The quantitative estimate of drug-likeness (QED) is 0.851. The van der Waals surface area contributed by atoms with Crippen molar-refractivity contribution in [1.82, 2.24) is 15.0 Å². The molecule has 0 amide bonds. The van der Waals surface area contributed by atoms with Crippen molar-refractivity contribution in [3.8, 4) is 0 Å². The highest BCUT2D eigenvalue weighted by Gasteiger charge is 2.33. The summed E-state index contributed by atoms with van der Waals surface area (Å²) in [7, 11) is 1.76. The molecule has 0 aromatic carbocycles. The number of alkyl halides is 3. The zero-order valence-electron chi connectivity index (χ0n) is 14.3. The highest BCUT2D eigenvalue weighted by Crippen LogP contribution is 2.31. The first kappa shape index (κ1) is 18.8. The summed E-state index contributed by atoms with van der Waals surface area (Å²) < 4.78 is 38.0. The van der Waals surface area contributed by atoms with E-state index in [0.717, 1.165) is 48.5 Å². The Balaban J connectivity index is 1.70. The lowest BCUT2D eigenvalue weighted by molar-refractivity contribution is -0.140. The lowest BCUT2D eigenvalue weighted by Gasteiger charge is -2.33. The van der Waals surface area contributed by atoms with Crippen molar-refractivity contribution in [2.45, 2.75) is 25.6 Å². The molecule has 2 aromatic heterocycles. The van der Waals surface area contributed by atoms with Crippen molar-refractivity contribution in [1.29, 1.82) is 0 Å². The minimum absolute atomic E-state index is 0.153. The Morgan fingerprint density at radius 2 is 2.19 bits per heavy atom. The minimum atomic E-state index is -4.42. The lowest BCUT2D eigenvalue weighted by atomic mass is 9.99. The Bertz CT molecular complexity index is 739. The lowest BCUT2D eigenvalue weighted by Crippen LogP contribution is -2.37. The summed E-state index contributed by atoms with van der Waals surface area (Å²) in [6.07, 6.45) is -0.990. The van der Waals surface area contributed by atoms with Crippen LogP contribution >= 0.6 is 11.3 Å². The highest BCUT2D eigenvalue weighted by atomic mass is 32.1. The van der Waals surface area contributed by atoms with Gasteiger partial charge in [0.05, 0.1) is 6.54 Å². The molecule has 1 N–H and O–H groups in total. The summed E-state index contributed by atoms with van der Waals surface area (Å²) in [4.78, 5) is 16.0. The van der Waals surface area contributed by atoms with E-state index in [2.05, 4.69) is 19.9 Å². The van der Waals surface area contributed by atoms with Crippen LogP contribution in [0.2, 0.25) is 0 Å². The number of thiazole rings is 1. The molecule has 1 saturated heterocycles. The molecule has 1 unspecified atom stereocenters. The van der Waals surface area contributed by atoms with Gasteiger partial charge in [-0.2, -0.15) is 13.2 Å². The van der Waals surface area contributed by atoms with Gasteiger partial charge in [-0.25, -0.2) is 15.0 Å². The van der Waals surface area contributed by atoms with Crippen molar-refractivity contribution in [2.24, 2.45) is 5.92 Å². The fraction of sp³-hybridized carbons (Fsp3) is 0.562. The fourth-order valence-electron chi connectivity index (χ4n) is 2.94. The number of halogens is 3. The third-order valence-corrected chi connectivity index (χ3v) is 5.18. The van der Waals surface area contributed by atoms with E-state index in [4.69, 9.17) is 0 Å². The van der Waals surface area contributed by atoms with Crippen molar-refractivity contribution < 1.29 is 18.3 Å². The molecule has 1 aliphatic heterocycles. The molecule has 0 aliphatic carbocycles. The summed E-state index contributed by atoms with van der Waals surface area (Å²) >= 11 is 0.981. The van der Waals surface area contributed by atoms with Crippen LogP contribution in [0, 0.1) is 5.92 Å². The Labute approximate surface area is 153 Å². The smallest absolute Gasteiger partial charge is 0.396 e. The zero-order valence-corrected chi connectivity index (χ0v) is 15.1. The number of anilines is 2. The predicted octanol–water partition coefficient (Wildman–Crippen LogP) is 2.80. The van der Waals surface area contributed by atoms with E-state index in [9.17, 15) is 18.3 Å². The summed E-state index contributed by atoms with van der Waals surface area (Å²) in [5.41, 5.74) is -0.863. The van der Waals surface area contributed by atoms with Gasteiger partial charge < -0.3 is 14.9 Å². The van der Waals surface area contributed by atoms with Crippen molar-refractivity contribution in [3.63, 3.8) is 0 Å². The van der Waals surface area contributed by atoms with Crippen LogP contribution in [0.5, 0.6) is 0 Å². The number of rotatable bonds is 5. The van der Waals surface area contributed by atoms with Gasteiger partial charge in [0.25, 0.3) is 0 Å². The average Bonchev–Trinajstić information content (AvgIpc) is 3.11. The van der Waals surface area contributed by atoms with Gasteiger partial charge in [-0.3, -0.25) is 0 Å². The maximum absolute atomic E-state index is 12.7. The summed E-state index contributed by atoms with van der Waals surface area (Å²) in [6, 6.07) is 1.82. The molecule has 142 valence electrons. The molecule has 1 aliphatic rings. The molecule has 26 heavy (non-hydrogen) atoms. The van der Waals surface area contributed by atoms with Crippen LogP contribution in [0.4, 0.5) is 24.8 Å². The van der Waals surface area contributed by atoms with Gasteiger partial charge in [0.15, 0.2) is 5.69 Å². The van der Waals surface area contributed by atoms with Gasteiger partial charge in [-0.15, -0.1) is 11.3 Å². The molecule has 3 rings (SSSR count). The van der Waals surface area contributed by atoms with Gasteiger partial charge >= 0.3 is 6.18 Å². The van der Waals surface area contributed by atoms with Gasteiger partial charge in [-0.05, 0) is 18.8 Å². The second-order valence-electron chi connectivity index (χ2n) is 6.35. The molecule has 2 aromatic rings. The van der Waals surface area contributed by atoms with Crippen LogP contribution in [-0.2, 0) is 12.7 Å². The van der Waals surface area contributed by atoms with Crippen LogP contribution in [0.3, 0.4) is 0 Å². The van der Waals surface area contributed by atoms with E-state index in [1.165, 1.54) is 6.33 Å². The molecular weight excluding hydrogens is 367 g/mol. The molecule has 1 atom stereocenters. The monoisotopic (exact) mass is 387 g/mol. The van der Waals surface area contributed by atoms with E-state index in [1.807, 2.05) is 6.07 Å². The van der Waals surface area contributed by atoms with Gasteiger partial charge in [0.1, 0.15) is 23.0 Å². The zero-order chi connectivity index (χ0) is 18.7. The van der Waals surface area contributed by atoms with Gasteiger partial charge in [0.2, 0.25) is 0 Å². The van der Waals surface area contributed by atoms with E-state index >= 15 is 0 Å². The van der Waals surface area contributed by atoms with Crippen LogP contribution in [-0.4, -0.2) is 46.8 Å². The van der Waals surface area contributed by atoms with E-state index < -0.39 is 11.9 Å². The summed E-state index contributed by atoms with van der Waals surface area (Å²) in [5.74, 6) is 1.61. The average molecular weight is 387 g/mol. The number of nitrogens with zero attached hydrogens (tertiary/aromatic N) is 5. The number of hydrogen-bond donors (Lipinski definition) is 1. The van der Waals surface area contributed by atoms with Crippen molar-refractivity contribution in [2.75, 3.05) is 36.5 Å². The third kappa shape index (κ3) is 4.42. The Kier molecular flexibility index (Phi) is 5.61. The molecule has 3 heterocycles. The molecular formula is C16H20F3N5OS. The molecule has 6 nitrogen and oxygen atoms in total. The maximum atomic E-state index is 12.7. The predicted molar refractivity (Wildman–Crippen MR) is 93.3 cm³/mol. The molecule has 0 saturated carbocycles. The van der Waals surface area contributed by atoms with Gasteiger partial charge in [0, 0.05) is 38.2 Å². The number of aliphatic hydroxyl groups excluding tert-OH is 1. The number of piperidine rings is 1. The first-order valence-corrected chi connectivity index (χ1v) is 9.15. The van der Waals surface area contributed by atoms with Gasteiger partial charge in [-0.1, -0.05) is 0 Å². The number of aromatic nitrogens is 3. The normalized spacial score (nSPS) is 18.2. The third-order valence-electron chi connectivity index (χ3n) is 4.35. The maximum Gasteiger partial charge on any atom is 0.434 e. The van der Waals surface area contributed by atoms with Crippen molar-refractivity contribution in [3.05, 3.63) is 28.5 Å². The van der Waals surface area contributed by atoms with Crippen LogP contribution in [0.1, 0.15) is 23.5 Å². The number of hydrogen-bond acceptors (Lipinski definition) is 7. The fourth-order valence-corrected chi connectivity index (χ4v) is 3.79. The van der Waals surface area contributed by atoms with Crippen LogP contribution in [0.15, 0.2) is 17.8 Å². The Morgan fingerprint density at radius 3 is 2.88 bits per heavy atom. The van der Waals surface area contributed by atoms with Crippen molar-refractivity contribution >= 4 is 23.0 Å². The molecule has 0 radical (unpaired) electrons. The Hall–Kier alpha value is -1.94. The second kappa shape index (κ2) is 7.75. The largest absolute Gasteiger partial charge is 0.434 e. The molecule has 10 heteroatoms. The standard InChI is InChI=1S/C16H20F3N5OS/c1-23(7-15-22-12(9-26-15)16(17,18)19)13-5-14(21-10-20-13)24-4-2-3-11(6-24)8-25/h5,9-11,25H,2-4,6-8H2,1H3. The van der Waals surface area contributed by atoms with E-state index in [0.29, 0.717) is 10.8 Å². The molecule has 0 bridgehead atoms. The first-order valence-electron chi connectivity index (χ1n) is 8.27. The minimum Gasteiger partial charge on any atom is -0.396 e. The second-order valence-corrected chi connectivity index (χ2v) is 7.29. The topological polar surface area (TPSA) is 65.4 Å². The molecule has 1 fully saturated rings. The number of aliphatic hydroxyl groups is 1. The molecule has 0 spiro atoms. The van der Waals surface area contributed by atoms with Crippen LogP contribution < -0.4 is 9.80 Å². The van der Waals surface area contributed by atoms with E-state index in [-0.39, 0.29) is 19.1 Å². The summed E-state index contributed by atoms with van der Waals surface area (Å²) in [5, 5.41) is 10.8. The highest BCUT2D eigenvalue weighted by molar-refractivity contribution is 7.09. The summed E-state index contributed by atoms with van der Waals surface area (Å²) in [6.45, 7) is 1.98. The van der Waals surface area contributed by atoms with E-state index in [1.54, 1.807) is 11.9 Å².